The van der Waals surface area contributed by atoms with Gasteiger partial charge in [0.05, 0.1) is 11.5 Å². The van der Waals surface area contributed by atoms with Crippen LogP contribution in [0.15, 0.2) is 11.8 Å². The van der Waals surface area contributed by atoms with Crippen molar-refractivity contribution in [3.63, 3.8) is 0 Å². The molecule has 1 saturated heterocycles. The van der Waals surface area contributed by atoms with Crippen LogP contribution in [0.4, 0.5) is 0 Å². The maximum absolute atomic E-state index is 12.5. The van der Waals surface area contributed by atoms with Gasteiger partial charge in [-0.15, -0.1) is 0 Å². The third-order valence-corrected chi connectivity index (χ3v) is 5.35. The second-order valence-corrected chi connectivity index (χ2v) is 6.76. The number of hydrogen-bond donors (Lipinski definition) is 2. The van der Waals surface area contributed by atoms with Crippen LogP contribution < -0.4 is 5.32 Å². The summed E-state index contributed by atoms with van der Waals surface area (Å²) in [5.74, 6) is -2.93. The van der Waals surface area contributed by atoms with E-state index < -0.39 is 41.2 Å². The Balaban J connectivity index is 1.96. The van der Waals surface area contributed by atoms with E-state index in [0.717, 1.165) is 29.1 Å². The summed E-state index contributed by atoms with van der Waals surface area (Å²) >= 11 is 0. The van der Waals surface area contributed by atoms with E-state index in [1.54, 1.807) is 0 Å². The van der Waals surface area contributed by atoms with Gasteiger partial charge in [-0.05, 0) is 12.8 Å². The summed E-state index contributed by atoms with van der Waals surface area (Å²) < 4.78 is 0. The molecule has 0 aromatic heterocycles. The van der Waals surface area contributed by atoms with Crippen molar-refractivity contribution in [3.05, 3.63) is 11.8 Å². The highest BCUT2D eigenvalue weighted by Gasteiger charge is 2.56. The fraction of sp³-hybridized carbons (Fsp3) is 0.625. The highest BCUT2D eigenvalue weighted by molar-refractivity contribution is 6.15. The predicted molar refractivity (Wildman–Crippen MR) is 82.1 cm³/mol. The number of imide groups is 2. The molecule has 3 rings (SSSR count). The van der Waals surface area contributed by atoms with Gasteiger partial charge in [-0.3, -0.25) is 29.0 Å². The Bertz CT molecular complexity index is 650. The van der Waals surface area contributed by atoms with E-state index in [0.29, 0.717) is 12.8 Å². The van der Waals surface area contributed by atoms with E-state index >= 15 is 0 Å². The molecule has 0 bridgehead atoms. The lowest BCUT2D eigenvalue weighted by Gasteiger charge is -2.43. The lowest BCUT2D eigenvalue weighted by molar-refractivity contribution is -0.140. The number of nitrogens with zero attached hydrogens (tertiary/aromatic N) is 2. The molecule has 2 atom stereocenters. The molecule has 2 unspecified atom stereocenters. The molecule has 8 heteroatoms. The number of carbonyl (C=O) groups excluding carboxylic acids is 4. The molecule has 0 aromatic carbocycles. The van der Waals surface area contributed by atoms with Gasteiger partial charge < -0.3 is 10.4 Å². The maximum atomic E-state index is 12.5. The minimum Gasteiger partial charge on any atom is -0.382 e. The average molecular weight is 335 g/mol. The normalized spacial score (nSPS) is 30.2. The molecular weight excluding hydrogens is 314 g/mol. The Hall–Kier alpha value is -2.22. The summed E-state index contributed by atoms with van der Waals surface area (Å²) in [6.45, 7) is 0. The number of likely N-dealkylation sites (N-methyl/N-ethyl adjacent to an activating group) is 2. The molecule has 24 heavy (non-hydrogen) atoms. The van der Waals surface area contributed by atoms with Gasteiger partial charge in [-0.25, -0.2) is 0 Å². The molecule has 0 aromatic rings. The number of nitrogens with one attached hydrogen (secondary N) is 1. The predicted octanol–water partition coefficient (Wildman–Crippen LogP) is -0.863. The quantitative estimate of drug-likeness (QED) is 0.650. The lowest BCUT2D eigenvalue weighted by Crippen LogP contribution is -2.58. The van der Waals surface area contributed by atoms with E-state index in [1.807, 2.05) is 0 Å². The maximum Gasteiger partial charge on any atom is 0.276 e. The summed E-state index contributed by atoms with van der Waals surface area (Å²) in [7, 11) is 2.73. The summed E-state index contributed by atoms with van der Waals surface area (Å²) in [4.78, 5) is 50.4. The van der Waals surface area contributed by atoms with Gasteiger partial charge in [0.1, 0.15) is 11.8 Å². The van der Waals surface area contributed by atoms with Crippen LogP contribution in [0.25, 0.3) is 0 Å². The zero-order valence-corrected chi connectivity index (χ0v) is 13.7. The third-order valence-electron chi connectivity index (χ3n) is 5.35. The van der Waals surface area contributed by atoms with Crippen molar-refractivity contribution >= 4 is 23.6 Å². The Morgan fingerprint density at radius 3 is 2.12 bits per heavy atom. The van der Waals surface area contributed by atoms with Crippen LogP contribution in [0.2, 0.25) is 0 Å². The fourth-order valence-corrected chi connectivity index (χ4v) is 3.95. The topological polar surface area (TPSA) is 107 Å². The summed E-state index contributed by atoms with van der Waals surface area (Å²) in [6, 6.07) is 0. The minimum absolute atomic E-state index is 0.117. The summed E-state index contributed by atoms with van der Waals surface area (Å²) in [6.07, 6.45) is 3.47. The number of aliphatic hydroxyl groups is 1. The number of aliphatic hydroxyl groups excluding tert-OH is 1. The zero-order chi connectivity index (χ0) is 17.6. The fourth-order valence-electron chi connectivity index (χ4n) is 3.95. The first-order valence-corrected chi connectivity index (χ1v) is 8.10. The number of carbonyl (C=O) groups is 4. The van der Waals surface area contributed by atoms with Crippen LogP contribution in [0.5, 0.6) is 0 Å². The van der Waals surface area contributed by atoms with Gasteiger partial charge in [-0.1, -0.05) is 19.3 Å². The van der Waals surface area contributed by atoms with E-state index in [1.165, 1.54) is 20.2 Å². The molecule has 2 fully saturated rings. The van der Waals surface area contributed by atoms with Gasteiger partial charge in [0.15, 0.2) is 0 Å². The van der Waals surface area contributed by atoms with Crippen molar-refractivity contribution in [2.24, 2.45) is 5.92 Å². The van der Waals surface area contributed by atoms with Gasteiger partial charge in [-0.2, -0.15) is 0 Å². The van der Waals surface area contributed by atoms with Crippen LogP contribution in [-0.4, -0.2) is 64.3 Å². The van der Waals surface area contributed by atoms with E-state index in [9.17, 15) is 24.3 Å². The second kappa shape index (κ2) is 5.70. The van der Waals surface area contributed by atoms with Crippen molar-refractivity contribution in [2.45, 2.75) is 43.7 Å². The van der Waals surface area contributed by atoms with Gasteiger partial charge in [0.2, 0.25) is 5.91 Å². The lowest BCUT2D eigenvalue weighted by atomic mass is 9.70. The van der Waals surface area contributed by atoms with E-state index in [4.69, 9.17) is 0 Å². The average Bonchev–Trinajstić information content (AvgIpc) is 2.91. The van der Waals surface area contributed by atoms with Crippen LogP contribution in [0.1, 0.15) is 32.1 Å². The first kappa shape index (κ1) is 16.6. The Kier molecular flexibility index (Phi) is 3.95. The number of likely N-dealkylation sites (tertiary alicyclic amines) is 1. The summed E-state index contributed by atoms with van der Waals surface area (Å²) in [5.41, 5.74) is -0.784. The van der Waals surface area contributed by atoms with Crippen molar-refractivity contribution in [2.75, 3.05) is 14.1 Å². The highest BCUT2D eigenvalue weighted by Crippen LogP contribution is 2.41. The van der Waals surface area contributed by atoms with Gasteiger partial charge in [0.25, 0.3) is 17.7 Å². The van der Waals surface area contributed by atoms with Crippen LogP contribution in [0.3, 0.4) is 0 Å². The van der Waals surface area contributed by atoms with Crippen molar-refractivity contribution < 1.29 is 24.3 Å². The molecule has 1 saturated carbocycles. The molecule has 2 N–H and O–H groups in total. The smallest absolute Gasteiger partial charge is 0.276 e. The molecule has 2 heterocycles. The van der Waals surface area contributed by atoms with Crippen molar-refractivity contribution in [3.8, 4) is 0 Å². The number of hydrogen-bond acceptors (Lipinski definition) is 6. The minimum atomic E-state index is -1.43. The van der Waals surface area contributed by atoms with Crippen LogP contribution in [-0.2, 0) is 19.2 Å². The molecule has 8 nitrogen and oxygen atoms in total. The Morgan fingerprint density at radius 1 is 1.04 bits per heavy atom. The van der Waals surface area contributed by atoms with Gasteiger partial charge >= 0.3 is 0 Å². The molecule has 0 spiro atoms. The molecule has 0 radical (unpaired) electrons. The van der Waals surface area contributed by atoms with Crippen molar-refractivity contribution in [1.29, 1.82) is 0 Å². The molecule has 130 valence electrons. The Morgan fingerprint density at radius 2 is 1.67 bits per heavy atom. The SMILES string of the molecule is CN1C(=O)C=C(NC2(C3C(=O)N(C)C(=O)C3O)CCCCC2)C1=O. The van der Waals surface area contributed by atoms with Crippen molar-refractivity contribution in [1.82, 2.24) is 15.1 Å². The first-order valence-electron chi connectivity index (χ1n) is 8.10. The highest BCUT2D eigenvalue weighted by atomic mass is 16.3. The monoisotopic (exact) mass is 335 g/mol. The summed E-state index contributed by atoms with van der Waals surface area (Å²) in [5, 5.41) is 13.4. The van der Waals surface area contributed by atoms with Crippen LogP contribution >= 0.6 is 0 Å². The van der Waals surface area contributed by atoms with E-state index in [2.05, 4.69) is 5.32 Å². The molecule has 4 amide bonds. The third kappa shape index (κ3) is 2.32. The first-order chi connectivity index (χ1) is 11.3. The van der Waals surface area contributed by atoms with Gasteiger partial charge in [0, 0.05) is 20.2 Å². The molecule has 1 aliphatic carbocycles. The second-order valence-electron chi connectivity index (χ2n) is 6.76. The largest absolute Gasteiger partial charge is 0.382 e. The molecule has 3 aliphatic rings. The number of amides is 4. The Labute approximate surface area is 139 Å². The van der Waals surface area contributed by atoms with Crippen LogP contribution in [0, 0.1) is 5.92 Å². The number of rotatable bonds is 3. The standard InChI is InChI=1S/C16H21N3O5/c1-18-10(20)8-9(13(18)22)17-16(6-4-3-5-7-16)11-12(21)15(24)19(2)14(11)23/h8,11-12,17,21H,3-7H2,1-2H3. The molecular formula is C16H21N3O5. The zero-order valence-electron chi connectivity index (χ0n) is 13.7. The molecule has 2 aliphatic heterocycles. The van der Waals surface area contributed by atoms with E-state index in [-0.39, 0.29) is 5.70 Å².